The van der Waals surface area contributed by atoms with E-state index < -0.39 is 0 Å². The van der Waals surface area contributed by atoms with Gasteiger partial charge in [-0.3, -0.25) is 4.79 Å². The van der Waals surface area contributed by atoms with Gasteiger partial charge in [-0.2, -0.15) is 0 Å². The molecule has 0 radical (unpaired) electrons. The maximum absolute atomic E-state index is 12.3. The van der Waals surface area contributed by atoms with E-state index in [4.69, 9.17) is 0 Å². The van der Waals surface area contributed by atoms with Crippen LogP contribution in [0.5, 0.6) is 0 Å². The van der Waals surface area contributed by atoms with Gasteiger partial charge in [-0.15, -0.1) is 0 Å². The Labute approximate surface area is 115 Å². The van der Waals surface area contributed by atoms with E-state index in [-0.39, 0.29) is 11.3 Å². The van der Waals surface area contributed by atoms with Crippen molar-refractivity contribution < 1.29 is 4.79 Å². The standard InChI is InChI=1S/C17H23NO/c1-16(2)13-9-10-17(16,3)14(11-13)18-15(19)12-7-5-4-6-8-12/h4-8,13-14H,9-11H2,1-3H3,(H,18,19). The van der Waals surface area contributed by atoms with Crippen LogP contribution in [0.2, 0.25) is 0 Å². The zero-order chi connectivity index (χ0) is 13.7. The molecule has 19 heavy (non-hydrogen) atoms. The van der Waals surface area contributed by atoms with E-state index in [2.05, 4.69) is 26.1 Å². The lowest BCUT2D eigenvalue weighted by atomic mass is 9.69. The lowest BCUT2D eigenvalue weighted by molar-refractivity contribution is 0.0826. The molecule has 2 aliphatic carbocycles. The van der Waals surface area contributed by atoms with Crippen LogP contribution in [0, 0.1) is 16.7 Å². The molecule has 2 aliphatic rings. The molecule has 1 aromatic carbocycles. The normalized spacial score (nSPS) is 35.3. The van der Waals surface area contributed by atoms with Gasteiger partial charge in [-0.05, 0) is 48.1 Å². The zero-order valence-electron chi connectivity index (χ0n) is 12.1. The Hall–Kier alpha value is -1.31. The summed E-state index contributed by atoms with van der Waals surface area (Å²) in [6.07, 6.45) is 3.70. The molecule has 2 fully saturated rings. The predicted molar refractivity (Wildman–Crippen MR) is 76.9 cm³/mol. The second-order valence-corrected chi connectivity index (χ2v) is 7.00. The Kier molecular flexibility index (Phi) is 2.74. The largest absolute Gasteiger partial charge is 0.349 e. The van der Waals surface area contributed by atoms with Crippen LogP contribution in [0.1, 0.15) is 50.4 Å². The summed E-state index contributed by atoms with van der Waals surface area (Å²) in [5, 5.41) is 3.28. The third-order valence-electron chi connectivity index (χ3n) is 6.14. The quantitative estimate of drug-likeness (QED) is 0.861. The number of fused-ring (bicyclic) bond motifs is 2. The molecule has 1 N–H and O–H groups in total. The second kappa shape index (κ2) is 4.09. The van der Waals surface area contributed by atoms with Crippen LogP contribution in [0.25, 0.3) is 0 Å². The van der Waals surface area contributed by atoms with Gasteiger partial charge in [-0.25, -0.2) is 0 Å². The Balaban J connectivity index is 1.78. The lowest BCUT2D eigenvalue weighted by Crippen LogP contribution is -2.46. The van der Waals surface area contributed by atoms with Crippen molar-refractivity contribution in [1.82, 2.24) is 5.32 Å². The van der Waals surface area contributed by atoms with Crippen LogP contribution in [-0.2, 0) is 0 Å². The monoisotopic (exact) mass is 257 g/mol. The minimum atomic E-state index is 0.0789. The van der Waals surface area contributed by atoms with Gasteiger partial charge in [0, 0.05) is 11.6 Å². The Morgan fingerprint density at radius 3 is 2.42 bits per heavy atom. The molecule has 0 aromatic heterocycles. The summed E-state index contributed by atoms with van der Waals surface area (Å²) in [6.45, 7) is 7.11. The first-order valence-corrected chi connectivity index (χ1v) is 7.31. The summed E-state index contributed by atoms with van der Waals surface area (Å²) < 4.78 is 0. The summed E-state index contributed by atoms with van der Waals surface area (Å²) in [5.74, 6) is 0.841. The number of carbonyl (C=O) groups is 1. The van der Waals surface area contributed by atoms with Crippen LogP contribution in [0.3, 0.4) is 0 Å². The first kappa shape index (κ1) is 12.7. The smallest absolute Gasteiger partial charge is 0.251 e. The lowest BCUT2D eigenvalue weighted by Gasteiger charge is -2.39. The van der Waals surface area contributed by atoms with Gasteiger partial charge in [0.25, 0.3) is 5.91 Å². The molecule has 3 unspecified atom stereocenters. The molecule has 3 rings (SSSR count). The maximum atomic E-state index is 12.3. The topological polar surface area (TPSA) is 29.1 Å². The van der Waals surface area contributed by atoms with Crippen LogP contribution in [0.4, 0.5) is 0 Å². The summed E-state index contributed by atoms with van der Waals surface area (Å²) >= 11 is 0. The molecule has 1 aromatic rings. The number of rotatable bonds is 2. The van der Waals surface area contributed by atoms with Crippen molar-refractivity contribution in [2.75, 3.05) is 0 Å². The molecule has 2 nitrogen and oxygen atoms in total. The first-order chi connectivity index (χ1) is 8.95. The Morgan fingerprint density at radius 1 is 1.21 bits per heavy atom. The van der Waals surface area contributed by atoms with E-state index in [1.54, 1.807) is 0 Å². The fourth-order valence-corrected chi connectivity index (χ4v) is 4.25. The van der Waals surface area contributed by atoms with Crippen molar-refractivity contribution in [3.05, 3.63) is 35.9 Å². The Morgan fingerprint density at radius 2 is 1.89 bits per heavy atom. The third kappa shape index (κ3) is 1.73. The number of amides is 1. The summed E-state index contributed by atoms with van der Waals surface area (Å²) in [4.78, 5) is 12.3. The highest BCUT2D eigenvalue weighted by molar-refractivity contribution is 5.94. The van der Waals surface area contributed by atoms with Crippen molar-refractivity contribution in [2.24, 2.45) is 16.7 Å². The fraction of sp³-hybridized carbons (Fsp3) is 0.588. The average Bonchev–Trinajstić information content (AvgIpc) is 2.73. The highest BCUT2D eigenvalue weighted by Gasteiger charge is 2.61. The highest BCUT2D eigenvalue weighted by Crippen LogP contribution is 2.65. The van der Waals surface area contributed by atoms with Gasteiger partial charge >= 0.3 is 0 Å². The van der Waals surface area contributed by atoms with Crippen molar-refractivity contribution in [3.8, 4) is 0 Å². The van der Waals surface area contributed by atoms with E-state index in [0.29, 0.717) is 11.5 Å². The van der Waals surface area contributed by atoms with Gasteiger partial charge in [0.1, 0.15) is 0 Å². The SMILES string of the molecule is CC1(C)C2CCC1(C)C(NC(=O)c1ccccc1)C2. The molecule has 2 heteroatoms. The molecular formula is C17H23NO. The molecule has 0 saturated heterocycles. The molecular weight excluding hydrogens is 234 g/mol. The minimum Gasteiger partial charge on any atom is -0.349 e. The average molecular weight is 257 g/mol. The van der Waals surface area contributed by atoms with Crippen LogP contribution < -0.4 is 5.32 Å². The maximum Gasteiger partial charge on any atom is 0.251 e. The van der Waals surface area contributed by atoms with Crippen molar-refractivity contribution in [2.45, 2.75) is 46.1 Å². The second-order valence-electron chi connectivity index (χ2n) is 7.00. The van der Waals surface area contributed by atoms with Crippen molar-refractivity contribution >= 4 is 5.91 Å². The summed E-state index contributed by atoms with van der Waals surface area (Å²) in [5.41, 5.74) is 1.37. The van der Waals surface area contributed by atoms with E-state index in [1.807, 2.05) is 30.3 Å². The van der Waals surface area contributed by atoms with E-state index in [0.717, 1.165) is 17.9 Å². The van der Waals surface area contributed by atoms with Crippen LogP contribution in [0.15, 0.2) is 30.3 Å². The zero-order valence-corrected chi connectivity index (χ0v) is 12.1. The van der Waals surface area contributed by atoms with E-state index >= 15 is 0 Å². The summed E-state index contributed by atoms with van der Waals surface area (Å²) in [6, 6.07) is 9.88. The van der Waals surface area contributed by atoms with Crippen molar-refractivity contribution in [1.29, 1.82) is 0 Å². The number of benzene rings is 1. The molecule has 0 spiro atoms. The first-order valence-electron chi connectivity index (χ1n) is 7.31. The molecule has 2 bridgehead atoms. The number of hydrogen-bond donors (Lipinski definition) is 1. The molecule has 1 amide bonds. The van der Waals surface area contributed by atoms with Crippen LogP contribution in [-0.4, -0.2) is 11.9 Å². The summed E-state index contributed by atoms with van der Waals surface area (Å²) in [7, 11) is 0. The molecule has 2 saturated carbocycles. The van der Waals surface area contributed by atoms with Gasteiger partial charge < -0.3 is 5.32 Å². The molecule has 0 heterocycles. The molecule has 0 aliphatic heterocycles. The van der Waals surface area contributed by atoms with Gasteiger partial charge in [0.05, 0.1) is 0 Å². The van der Waals surface area contributed by atoms with Gasteiger partial charge in [0.15, 0.2) is 0 Å². The highest BCUT2D eigenvalue weighted by atomic mass is 16.1. The van der Waals surface area contributed by atoms with E-state index in [9.17, 15) is 4.79 Å². The van der Waals surface area contributed by atoms with E-state index in [1.165, 1.54) is 12.8 Å². The van der Waals surface area contributed by atoms with Gasteiger partial charge in [0.2, 0.25) is 0 Å². The third-order valence-corrected chi connectivity index (χ3v) is 6.14. The molecule has 102 valence electrons. The molecule has 3 atom stereocenters. The fourth-order valence-electron chi connectivity index (χ4n) is 4.25. The number of hydrogen-bond acceptors (Lipinski definition) is 1. The predicted octanol–water partition coefficient (Wildman–Crippen LogP) is 3.63. The number of carbonyl (C=O) groups excluding carboxylic acids is 1. The van der Waals surface area contributed by atoms with Gasteiger partial charge in [-0.1, -0.05) is 39.0 Å². The van der Waals surface area contributed by atoms with Crippen molar-refractivity contribution in [3.63, 3.8) is 0 Å². The number of nitrogens with one attached hydrogen (secondary N) is 1. The Bertz CT molecular complexity index is 493. The minimum absolute atomic E-state index is 0.0789. The van der Waals surface area contributed by atoms with Crippen LogP contribution >= 0.6 is 0 Å².